The number of hydrogen-bond acceptors (Lipinski definition) is 3. The van der Waals surface area contributed by atoms with Gasteiger partial charge >= 0.3 is 0 Å². The fraction of sp³-hybridized carbons (Fsp3) is 0.526. The Balaban J connectivity index is 1.49. The van der Waals surface area contributed by atoms with Crippen molar-refractivity contribution in [2.75, 3.05) is 0 Å². The van der Waals surface area contributed by atoms with Crippen LogP contribution in [0.5, 0.6) is 0 Å². The minimum absolute atomic E-state index is 0.00185. The molecule has 0 aliphatic carbocycles. The van der Waals surface area contributed by atoms with Crippen LogP contribution in [0.3, 0.4) is 0 Å². The van der Waals surface area contributed by atoms with E-state index in [2.05, 4.69) is 0 Å². The summed E-state index contributed by atoms with van der Waals surface area (Å²) in [6.07, 6.45) is 3.46. The van der Waals surface area contributed by atoms with Gasteiger partial charge in [-0.25, -0.2) is 4.39 Å². The molecule has 3 amide bonds. The number of halogens is 2. The normalized spacial score (nSPS) is 28.2. The third-order valence-corrected chi connectivity index (χ3v) is 6.20. The van der Waals surface area contributed by atoms with Crippen molar-refractivity contribution in [2.24, 2.45) is 0 Å². The number of benzene rings is 1. The van der Waals surface area contributed by atoms with Gasteiger partial charge in [-0.2, -0.15) is 0 Å². The van der Waals surface area contributed by atoms with Gasteiger partial charge in [-0.3, -0.25) is 19.3 Å². The lowest BCUT2D eigenvalue weighted by Gasteiger charge is -2.41. The van der Waals surface area contributed by atoms with E-state index in [1.165, 1.54) is 17.0 Å². The van der Waals surface area contributed by atoms with Gasteiger partial charge in [0.2, 0.25) is 17.7 Å². The van der Waals surface area contributed by atoms with E-state index in [9.17, 15) is 18.8 Å². The van der Waals surface area contributed by atoms with Crippen molar-refractivity contribution in [3.63, 3.8) is 0 Å². The van der Waals surface area contributed by atoms with Crippen LogP contribution in [0.1, 0.15) is 44.1 Å². The van der Waals surface area contributed by atoms with Crippen LogP contribution in [-0.4, -0.2) is 45.6 Å². The predicted octanol–water partition coefficient (Wildman–Crippen LogP) is 2.69. The molecular weight excluding hydrogens is 359 g/mol. The van der Waals surface area contributed by atoms with Crippen molar-refractivity contribution >= 4 is 29.3 Å². The minimum Gasteiger partial charge on any atom is -0.336 e. The molecule has 0 spiro atoms. The highest BCUT2D eigenvalue weighted by Gasteiger charge is 2.47. The SMILES string of the molecule is O=C1CCC(=O)N1C1CC2CCC(C1)N2C(=O)Cc1c(F)cccc1Cl. The monoisotopic (exact) mass is 378 g/mol. The van der Waals surface area contributed by atoms with Gasteiger partial charge in [0.25, 0.3) is 0 Å². The van der Waals surface area contributed by atoms with Gasteiger partial charge in [0.05, 0.1) is 6.42 Å². The zero-order valence-corrected chi connectivity index (χ0v) is 15.0. The quantitative estimate of drug-likeness (QED) is 0.760. The van der Waals surface area contributed by atoms with Gasteiger partial charge < -0.3 is 4.90 Å². The first-order valence-corrected chi connectivity index (χ1v) is 9.42. The molecule has 4 rings (SSSR count). The highest BCUT2D eigenvalue weighted by atomic mass is 35.5. The number of carbonyl (C=O) groups excluding carboxylic acids is 3. The zero-order chi connectivity index (χ0) is 18.4. The highest BCUT2D eigenvalue weighted by Crippen LogP contribution is 2.39. The number of nitrogens with zero attached hydrogens (tertiary/aromatic N) is 2. The molecule has 5 nitrogen and oxygen atoms in total. The maximum atomic E-state index is 14.0. The second kappa shape index (κ2) is 6.65. The lowest BCUT2D eigenvalue weighted by molar-refractivity contribution is -0.144. The lowest BCUT2D eigenvalue weighted by Crippen LogP contribution is -2.54. The number of hydrogen-bond donors (Lipinski definition) is 0. The Bertz CT molecular complexity index is 734. The van der Waals surface area contributed by atoms with E-state index in [-0.39, 0.29) is 52.9 Å². The first-order valence-electron chi connectivity index (χ1n) is 9.04. The van der Waals surface area contributed by atoms with Gasteiger partial charge in [0.1, 0.15) is 5.82 Å². The maximum Gasteiger partial charge on any atom is 0.229 e. The van der Waals surface area contributed by atoms with Crippen molar-refractivity contribution in [2.45, 2.75) is 63.1 Å². The zero-order valence-electron chi connectivity index (χ0n) is 14.3. The van der Waals surface area contributed by atoms with Crippen LogP contribution in [0.2, 0.25) is 5.02 Å². The summed E-state index contributed by atoms with van der Waals surface area (Å²) in [5.74, 6) is -0.807. The fourth-order valence-corrected chi connectivity index (χ4v) is 4.94. The molecule has 0 N–H and O–H groups in total. The molecule has 0 aromatic heterocycles. The Morgan fingerprint density at radius 2 is 1.69 bits per heavy atom. The molecule has 1 aromatic carbocycles. The molecule has 26 heavy (non-hydrogen) atoms. The number of amides is 3. The number of imide groups is 1. The summed E-state index contributed by atoms with van der Waals surface area (Å²) >= 11 is 6.05. The number of rotatable bonds is 3. The van der Waals surface area contributed by atoms with Gasteiger partial charge in [-0.1, -0.05) is 17.7 Å². The van der Waals surface area contributed by atoms with E-state index >= 15 is 0 Å². The van der Waals surface area contributed by atoms with Gasteiger partial charge in [0.15, 0.2) is 0 Å². The number of likely N-dealkylation sites (tertiary alicyclic amines) is 1. The summed E-state index contributed by atoms with van der Waals surface area (Å²) in [5.41, 5.74) is 0.227. The molecule has 3 aliphatic rings. The number of piperidine rings is 1. The van der Waals surface area contributed by atoms with Crippen LogP contribution in [0.4, 0.5) is 4.39 Å². The van der Waals surface area contributed by atoms with Crippen LogP contribution in [0, 0.1) is 5.82 Å². The number of carbonyl (C=O) groups is 3. The Morgan fingerprint density at radius 1 is 1.08 bits per heavy atom. The third kappa shape index (κ3) is 2.90. The standard InChI is InChI=1S/C19H20ClFN2O3/c20-15-2-1-3-16(21)14(15)10-19(26)22-11-4-5-12(22)9-13(8-11)23-17(24)6-7-18(23)25/h1-3,11-13H,4-10H2. The van der Waals surface area contributed by atoms with E-state index in [0.717, 1.165) is 12.8 Å². The molecule has 3 aliphatic heterocycles. The van der Waals surface area contributed by atoms with E-state index < -0.39 is 5.82 Å². The molecule has 2 unspecified atom stereocenters. The average molecular weight is 379 g/mol. The van der Waals surface area contributed by atoms with E-state index in [1.807, 2.05) is 4.90 Å². The summed E-state index contributed by atoms with van der Waals surface area (Å²) in [6.45, 7) is 0. The van der Waals surface area contributed by atoms with E-state index in [0.29, 0.717) is 25.7 Å². The molecule has 2 atom stereocenters. The Kier molecular flexibility index (Phi) is 4.47. The molecule has 3 saturated heterocycles. The summed E-state index contributed by atoms with van der Waals surface area (Å²) in [5, 5.41) is 0.258. The molecule has 0 radical (unpaired) electrons. The predicted molar refractivity (Wildman–Crippen MR) is 92.9 cm³/mol. The molecule has 3 fully saturated rings. The van der Waals surface area contributed by atoms with Crippen LogP contribution in [-0.2, 0) is 20.8 Å². The molecular formula is C19H20ClFN2O3. The number of fused-ring (bicyclic) bond motifs is 2. The summed E-state index contributed by atoms with van der Waals surface area (Å²) in [4.78, 5) is 40.1. The van der Waals surface area contributed by atoms with E-state index in [4.69, 9.17) is 11.6 Å². The van der Waals surface area contributed by atoms with Gasteiger partial charge in [-0.05, 0) is 37.8 Å². The lowest BCUT2D eigenvalue weighted by atomic mass is 9.95. The first-order chi connectivity index (χ1) is 12.5. The second-order valence-electron chi connectivity index (χ2n) is 7.35. The van der Waals surface area contributed by atoms with Crippen molar-refractivity contribution in [3.8, 4) is 0 Å². The molecule has 2 bridgehead atoms. The molecule has 0 saturated carbocycles. The first kappa shape index (κ1) is 17.5. The Labute approximate surface area is 156 Å². The molecule has 138 valence electrons. The Hall–Kier alpha value is -1.95. The summed E-state index contributed by atoms with van der Waals surface area (Å²) < 4.78 is 14.0. The van der Waals surface area contributed by atoms with Crippen molar-refractivity contribution in [1.29, 1.82) is 0 Å². The van der Waals surface area contributed by atoms with Crippen LogP contribution in [0.15, 0.2) is 18.2 Å². The Morgan fingerprint density at radius 3 is 2.27 bits per heavy atom. The summed E-state index contributed by atoms with van der Waals surface area (Å²) in [7, 11) is 0. The minimum atomic E-state index is -0.471. The van der Waals surface area contributed by atoms with Gasteiger partial charge in [0, 0.05) is 41.6 Å². The second-order valence-corrected chi connectivity index (χ2v) is 7.75. The van der Waals surface area contributed by atoms with Crippen LogP contribution in [0.25, 0.3) is 0 Å². The van der Waals surface area contributed by atoms with E-state index in [1.54, 1.807) is 6.07 Å². The topological polar surface area (TPSA) is 57.7 Å². The van der Waals surface area contributed by atoms with Gasteiger partial charge in [-0.15, -0.1) is 0 Å². The molecule has 3 heterocycles. The average Bonchev–Trinajstić information content (AvgIpc) is 3.07. The van der Waals surface area contributed by atoms with Crippen LogP contribution >= 0.6 is 11.6 Å². The maximum absolute atomic E-state index is 14.0. The molecule has 1 aromatic rings. The highest BCUT2D eigenvalue weighted by molar-refractivity contribution is 6.31. The molecule has 7 heteroatoms. The third-order valence-electron chi connectivity index (χ3n) is 5.84. The summed E-state index contributed by atoms with van der Waals surface area (Å²) in [6, 6.07) is 4.29. The largest absolute Gasteiger partial charge is 0.336 e. The fourth-order valence-electron chi connectivity index (χ4n) is 4.71. The van der Waals surface area contributed by atoms with Crippen LogP contribution < -0.4 is 0 Å². The smallest absolute Gasteiger partial charge is 0.229 e. The van der Waals surface area contributed by atoms with Crippen molar-refractivity contribution in [1.82, 2.24) is 9.80 Å². The van der Waals surface area contributed by atoms with Crippen molar-refractivity contribution in [3.05, 3.63) is 34.6 Å². The van der Waals surface area contributed by atoms with Crippen molar-refractivity contribution < 1.29 is 18.8 Å².